The molecule has 0 N–H and O–H groups in total. The Hall–Kier alpha value is -2.63. The van der Waals surface area contributed by atoms with Gasteiger partial charge >= 0.3 is 5.63 Å². The van der Waals surface area contributed by atoms with Gasteiger partial charge in [0.1, 0.15) is 5.01 Å². The zero-order chi connectivity index (χ0) is 18.3. The normalized spacial score (nSPS) is 11.0. The molecular formula is C20H14ClNO3S. The van der Waals surface area contributed by atoms with Crippen LogP contribution in [0.2, 0.25) is 5.02 Å². The second kappa shape index (κ2) is 6.59. The molecule has 2 aromatic carbocycles. The molecular weight excluding hydrogens is 370 g/mol. The van der Waals surface area contributed by atoms with Crippen molar-refractivity contribution >= 4 is 33.9 Å². The van der Waals surface area contributed by atoms with Crippen molar-refractivity contribution < 1.29 is 9.15 Å². The lowest BCUT2D eigenvalue weighted by molar-refractivity contribution is 0.407. The standard InChI is InChI=1S/C20H14ClNO3S/c1-11-17(12-6-8-14(21)9-7-12)22-19(26-11)15-10-13-4-3-5-16(24-2)18(13)25-20(15)23/h3-10H,1-2H3. The van der Waals surface area contributed by atoms with Gasteiger partial charge in [-0.25, -0.2) is 9.78 Å². The van der Waals surface area contributed by atoms with Crippen LogP contribution in [0.4, 0.5) is 0 Å². The first kappa shape index (κ1) is 16.8. The molecule has 0 aliphatic carbocycles. The van der Waals surface area contributed by atoms with Crippen LogP contribution in [0.1, 0.15) is 4.88 Å². The number of hydrogen-bond acceptors (Lipinski definition) is 5. The largest absolute Gasteiger partial charge is 0.493 e. The maximum atomic E-state index is 12.5. The number of rotatable bonds is 3. The lowest BCUT2D eigenvalue weighted by atomic mass is 10.1. The highest BCUT2D eigenvalue weighted by molar-refractivity contribution is 7.15. The minimum absolute atomic E-state index is 0.432. The van der Waals surface area contributed by atoms with Gasteiger partial charge in [-0.1, -0.05) is 35.9 Å². The van der Waals surface area contributed by atoms with E-state index in [0.29, 0.717) is 26.9 Å². The van der Waals surface area contributed by atoms with Gasteiger partial charge in [-0.2, -0.15) is 0 Å². The number of hydrogen-bond donors (Lipinski definition) is 0. The van der Waals surface area contributed by atoms with Gasteiger partial charge < -0.3 is 9.15 Å². The zero-order valence-corrected chi connectivity index (χ0v) is 15.6. The molecule has 0 saturated carbocycles. The number of nitrogens with zero attached hydrogens (tertiary/aromatic N) is 1. The highest BCUT2D eigenvalue weighted by atomic mass is 35.5. The first-order valence-corrected chi connectivity index (χ1v) is 9.11. The van der Waals surface area contributed by atoms with E-state index in [1.165, 1.54) is 11.3 Å². The molecule has 4 rings (SSSR count). The fourth-order valence-electron chi connectivity index (χ4n) is 2.81. The first-order valence-electron chi connectivity index (χ1n) is 7.91. The molecule has 2 aromatic heterocycles. The van der Waals surface area contributed by atoms with Gasteiger partial charge in [0, 0.05) is 20.8 Å². The van der Waals surface area contributed by atoms with Crippen LogP contribution in [0.5, 0.6) is 5.75 Å². The summed E-state index contributed by atoms with van der Waals surface area (Å²) in [5.74, 6) is 0.531. The van der Waals surface area contributed by atoms with Gasteiger partial charge in [0.2, 0.25) is 0 Å². The lowest BCUT2D eigenvalue weighted by Crippen LogP contribution is -2.03. The molecule has 26 heavy (non-hydrogen) atoms. The average molecular weight is 384 g/mol. The van der Waals surface area contributed by atoms with E-state index >= 15 is 0 Å². The molecule has 130 valence electrons. The van der Waals surface area contributed by atoms with Crippen molar-refractivity contribution in [1.82, 2.24) is 4.98 Å². The Morgan fingerprint density at radius 3 is 2.65 bits per heavy atom. The molecule has 0 aliphatic heterocycles. The Balaban J connectivity index is 1.86. The molecule has 0 spiro atoms. The van der Waals surface area contributed by atoms with E-state index in [1.807, 2.05) is 43.3 Å². The van der Waals surface area contributed by atoms with Crippen molar-refractivity contribution in [3.8, 4) is 27.6 Å². The molecule has 0 radical (unpaired) electrons. The highest BCUT2D eigenvalue weighted by Gasteiger charge is 2.16. The van der Waals surface area contributed by atoms with E-state index in [9.17, 15) is 4.79 Å². The number of aryl methyl sites for hydroxylation is 1. The van der Waals surface area contributed by atoms with Gasteiger partial charge in [-0.15, -0.1) is 11.3 Å². The van der Waals surface area contributed by atoms with Crippen molar-refractivity contribution in [2.75, 3.05) is 7.11 Å². The number of para-hydroxylation sites is 1. The van der Waals surface area contributed by atoms with Crippen LogP contribution >= 0.6 is 22.9 Å². The summed E-state index contributed by atoms with van der Waals surface area (Å²) in [4.78, 5) is 18.2. The molecule has 4 nitrogen and oxygen atoms in total. The van der Waals surface area contributed by atoms with E-state index in [-0.39, 0.29) is 0 Å². The molecule has 0 fully saturated rings. The third-order valence-corrected chi connectivity index (χ3v) is 5.34. The highest BCUT2D eigenvalue weighted by Crippen LogP contribution is 2.34. The van der Waals surface area contributed by atoms with Crippen molar-refractivity contribution in [3.05, 3.63) is 68.9 Å². The van der Waals surface area contributed by atoms with Gasteiger partial charge in [0.15, 0.2) is 11.3 Å². The predicted octanol–water partition coefficient (Wildman–Crippen LogP) is 5.55. The first-order chi connectivity index (χ1) is 12.6. The van der Waals surface area contributed by atoms with E-state index in [4.69, 9.17) is 20.8 Å². The van der Waals surface area contributed by atoms with Crippen LogP contribution in [0.3, 0.4) is 0 Å². The number of aromatic nitrogens is 1. The second-order valence-corrected chi connectivity index (χ2v) is 7.40. The topological polar surface area (TPSA) is 52.3 Å². The minimum Gasteiger partial charge on any atom is -0.493 e. The summed E-state index contributed by atoms with van der Waals surface area (Å²) in [5, 5.41) is 2.09. The minimum atomic E-state index is -0.432. The van der Waals surface area contributed by atoms with Gasteiger partial charge in [-0.05, 0) is 31.2 Å². The van der Waals surface area contributed by atoms with Gasteiger partial charge in [0.05, 0.1) is 18.4 Å². The van der Waals surface area contributed by atoms with E-state index in [1.54, 1.807) is 19.2 Å². The van der Waals surface area contributed by atoms with Crippen molar-refractivity contribution in [3.63, 3.8) is 0 Å². The Morgan fingerprint density at radius 1 is 1.15 bits per heavy atom. The molecule has 0 amide bonds. The molecule has 0 atom stereocenters. The molecule has 6 heteroatoms. The molecule has 4 aromatic rings. The summed E-state index contributed by atoms with van der Waals surface area (Å²) in [5.41, 5.74) is 2.25. The molecule has 0 aliphatic rings. The SMILES string of the molecule is COc1cccc2cc(-c3nc(-c4ccc(Cl)cc4)c(C)s3)c(=O)oc12. The predicted molar refractivity (Wildman–Crippen MR) is 105 cm³/mol. The number of halogens is 1. The number of methoxy groups -OCH3 is 1. The smallest absolute Gasteiger partial charge is 0.346 e. The Labute approximate surface area is 158 Å². The van der Waals surface area contributed by atoms with E-state index in [0.717, 1.165) is 21.5 Å². The van der Waals surface area contributed by atoms with Crippen LogP contribution < -0.4 is 10.4 Å². The number of thiazole rings is 1. The summed E-state index contributed by atoms with van der Waals surface area (Å²) < 4.78 is 10.8. The Bertz CT molecular complexity index is 1160. The number of ether oxygens (including phenoxy) is 1. The van der Waals surface area contributed by atoms with Crippen molar-refractivity contribution in [1.29, 1.82) is 0 Å². The quantitative estimate of drug-likeness (QED) is 0.435. The maximum absolute atomic E-state index is 12.5. The Morgan fingerprint density at radius 2 is 1.92 bits per heavy atom. The summed E-state index contributed by atoms with van der Waals surface area (Å²) in [6.07, 6.45) is 0. The van der Waals surface area contributed by atoms with E-state index < -0.39 is 5.63 Å². The fraction of sp³-hybridized carbons (Fsp3) is 0.100. The molecule has 0 bridgehead atoms. The lowest BCUT2D eigenvalue weighted by Gasteiger charge is -2.04. The van der Waals surface area contributed by atoms with Gasteiger partial charge in [-0.3, -0.25) is 0 Å². The second-order valence-electron chi connectivity index (χ2n) is 5.76. The summed E-state index contributed by atoms with van der Waals surface area (Å²) in [6, 6.07) is 14.8. The zero-order valence-electron chi connectivity index (χ0n) is 14.1. The fourth-order valence-corrected chi connectivity index (χ4v) is 3.88. The van der Waals surface area contributed by atoms with E-state index in [2.05, 4.69) is 4.98 Å². The van der Waals surface area contributed by atoms with Crippen molar-refractivity contribution in [2.45, 2.75) is 6.92 Å². The summed E-state index contributed by atoms with van der Waals surface area (Å²) >= 11 is 7.42. The van der Waals surface area contributed by atoms with Gasteiger partial charge in [0.25, 0.3) is 0 Å². The van der Waals surface area contributed by atoms with Crippen LogP contribution in [0.15, 0.2) is 57.7 Å². The molecule has 0 saturated heterocycles. The summed E-state index contributed by atoms with van der Waals surface area (Å²) in [6.45, 7) is 1.98. The molecule has 2 heterocycles. The van der Waals surface area contributed by atoms with Crippen LogP contribution in [-0.2, 0) is 0 Å². The van der Waals surface area contributed by atoms with Crippen LogP contribution in [0, 0.1) is 6.92 Å². The third-order valence-electron chi connectivity index (χ3n) is 4.09. The number of fused-ring (bicyclic) bond motifs is 1. The Kier molecular flexibility index (Phi) is 4.26. The number of benzene rings is 2. The van der Waals surface area contributed by atoms with Crippen LogP contribution in [0.25, 0.3) is 32.8 Å². The third kappa shape index (κ3) is 2.89. The molecule has 0 unspecified atom stereocenters. The average Bonchev–Trinajstić information content (AvgIpc) is 3.03. The van der Waals surface area contributed by atoms with Crippen molar-refractivity contribution in [2.24, 2.45) is 0 Å². The maximum Gasteiger partial charge on any atom is 0.346 e. The summed E-state index contributed by atoms with van der Waals surface area (Å²) in [7, 11) is 1.55. The van der Waals surface area contributed by atoms with Crippen LogP contribution in [-0.4, -0.2) is 12.1 Å². The monoisotopic (exact) mass is 383 g/mol.